The lowest BCUT2D eigenvalue weighted by atomic mass is 9.96. The summed E-state index contributed by atoms with van der Waals surface area (Å²) in [4.78, 5) is 16.6. The summed E-state index contributed by atoms with van der Waals surface area (Å²) < 4.78 is 10.8. The third kappa shape index (κ3) is 2.68. The molecule has 0 radical (unpaired) electrons. The van der Waals surface area contributed by atoms with E-state index in [2.05, 4.69) is 15.5 Å². The summed E-state index contributed by atoms with van der Waals surface area (Å²) in [6.45, 7) is 0.677. The summed E-state index contributed by atoms with van der Waals surface area (Å²) in [5.41, 5.74) is 1.07. The average molecular weight is 299 g/mol. The Hall–Kier alpha value is -2.37. The minimum absolute atomic E-state index is 0.0410. The predicted molar refractivity (Wildman–Crippen MR) is 77.3 cm³/mol. The van der Waals surface area contributed by atoms with Gasteiger partial charge in [-0.2, -0.15) is 4.98 Å². The molecule has 1 atom stereocenters. The molecule has 1 saturated carbocycles. The third-order valence-electron chi connectivity index (χ3n) is 4.09. The smallest absolute Gasteiger partial charge is 0.246 e. The van der Waals surface area contributed by atoms with E-state index in [9.17, 15) is 4.79 Å². The van der Waals surface area contributed by atoms with Crippen molar-refractivity contribution in [1.82, 2.24) is 15.5 Å². The molecule has 1 fully saturated rings. The second kappa shape index (κ2) is 5.44. The van der Waals surface area contributed by atoms with Gasteiger partial charge in [0.25, 0.3) is 0 Å². The fourth-order valence-electron chi connectivity index (χ4n) is 2.65. The molecule has 1 aliphatic carbocycles. The number of carbonyl (C=O) groups excluding carboxylic acids is 1. The largest absolute Gasteiger partial charge is 0.492 e. The standard InChI is InChI=1S/C16H17N3O3/c20-16(12-7-11-3-1-2-4-13(11)21-9-12)17-8-14-18-15(19-22-14)10-5-6-10/h1-4,10,12H,5-9H2,(H,17,20). The number of hydrogen-bond acceptors (Lipinski definition) is 5. The first kappa shape index (κ1) is 13.3. The number of ether oxygens (including phenoxy) is 1. The highest BCUT2D eigenvalue weighted by molar-refractivity contribution is 5.79. The van der Waals surface area contributed by atoms with Crippen LogP contribution in [-0.2, 0) is 17.8 Å². The summed E-state index contributed by atoms with van der Waals surface area (Å²) >= 11 is 0. The van der Waals surface area contributed by atoms with Crippen LogP contribution in [0.25, 0.3) is 0 Å². The molecule has 1 aromatic heterocycles. The zero-order chi connectivity index (χ0) is 14.9. The van der Waals surface area contributed by atoms with E-state index in [1.165, 1.54) is 0 Å². The van der Waals surface area contributed by atoms with Crippen molar-refractivity contribution in [3.05, 3.63) is 41.5 Å². The lowest BCUT2D eigenvalue weighted by Gasteiger charge is -2.24. The molecule has 1 aliphatic heterocycles. The molecular weight excluding hydrogens is 282 g/mol. The molecule has 22 heavy (non-hydrogen) atoms. The van der Waals surface area contributed by atoms with Crippen LogP contribution in [0.1, 0.15) is 36.0 Å². The molecule has 1 unspecified atom stereocenters. The van der Waals surface area contributed by atoms with Gasteiger partial charge in [0.1, 0.15) is 12.4 Å². The minimum Gasteiger partial charge on any atom is -0.492 e. The monoisotopic (exact) mass is 299 g/mol. The first-order valence-electron chi connectivity index (χ1n) is 7.60. The number of hydrogen-bond donors (Lipinski definition) is 1. The predicted octanol–water partition coefficient (Wildman–Crippen LogP) is 1.81. The summed E-state index contributed by atoms with van der Waals surface area (Å²) in [5, 5.41) is 6.79. The van der Waals surface area contributed by atoms with Crippen molar-refractivity contribution in [3.8, 4) is 5.75 Å². The van der Waals surface area contributed by atoms with Crippen LogP contribution in [0, 0.1) is 5.92 Å². The van der Waals surface area contributed by atoms with Crippen molar-refractivity contribution in [2.45, 2.75) is 31.7 Å². The fraction of sp³-hybridized carbons (Fsp3) is 0.438. The molecule has 2 aliphatic rings. The molecule has 1 amide bonds. The van der Waals surface area contributed by atoms with E-state index in [1.54, 1.807) is 0 Å². The van der Waals surface area contributed by atoms with Gasteiger partial charge < -0.3 is 14.6 Å². The molecule has 1 aromatic carbocycles. The van der Waals surface area contributed by atoms with Crippen LogP contribution < -0.4 is 10.1 Å². The topological polar surface area (TPSA) is 77.3 Å². The Morgan fingerprint density at radius 2 is 2.18 bits per heavy atom. The Morgan fingerprint density at radius 1 is 1.32 bits per heavy atom. The molecular formula is C16H17N3O3. The van der Waals surface area contributed by atoms with Gasteiger partial charge in [-0.05, 0) is 30.9 Å². The zero-order valence-corrected chi connectivity index (χ0v) is 12.1. The van der Waals surface area contributed by atoms with E-state index < -0.39 is 0 Å². The van der Waals surface area contributed by atoms with Crippen LogP contribution in [0.5, 0.6) is 5.75 Å². The highest BCUT2D eigenvalue weighted by Gasteiger charge is 2.29. The number of amides is 1. The maximum atomic E-state index is 12.3. The number of aromatic nitrogens is 2. The maximum absolute atomic E-state index is 12.3. The maximum Gasteiger partial charge on any atom is 0.246 e. The second-order valence-corrected chi connectivity index (χ2v) is 5.86. The molecule has 2 heterocycles. The number of benzene rings is 1. The number of fused-ring (bicyclic) bond motifs is 1. The molecule has 114 valence electrons. The van der Waals surface area contributed by atoms with Crippen molar-refractivity contribution < 1.29 is 14.1 Å². The van der Waals surface area contributed by atoms with E-state index in [-0.39, 0.29) is 18.4 Å². The second-order valence-electron chi connectivity index (χ2n) is 5.86. The summed E-state index contributed by atoms with van der Waals surface area (Å²) in [7, 11) is 0. The molecule has 0 spiro atoms. The molecule has 0 saturated heterocycles. The van der Waals surface area contributed by atoms with Crippen LogP contribution in [0.3, 0.4) is 0 Å². The first-order chi connectivity index (χ1) is 10.8. The van der Waals surface area contributed by atoms with Gasteiger partial charge >= 0.3 is 0 Å². The first-order valence-corrected chi connectivity index (χ1v) is 7.60. The molecule has 2 aromatic rings. The fourth-order valence-corrected chi connectivity index (χ4v) is 2.65. The van der Waals surface area contributed by atoms with Crippen molar-refractivity contribution in [2.75, 3.05) is 6.61 Å². The van der Waals surface area contributed by atoms with Gasteiger partial charge in [0.2, 0.25) is 11.8 Å². The van der Waals surface area contributed by atoms with Crippen LogP contribution in [0.4, 0.5) is 0 Å². The number of nitrogens with zero attached hydrogens (tertiary/aromatic N) is 2. The Bertz CT molecular complexity index is 693. The number of carbonyl (C=O) groups is 1. The van der Waals surface area contributed by atoms with Crippen LogP contribution in [0.15, 0.2) is 28.8 Å². The lowest BCUT2D eigenvalue weighted by Crippen LogP contribution is -2.37. The molecule has 0 bridgehead atoms. The summed E-state index contributed by atoms with van der Waals surface area (Å²) in [6, 6.07) is 7.82. The Labute approximate surface area is 127 Å². The number of rotatable bonds is 4. The Kier molecular flexibility index (Phi) is 3.29. The SMILES string of the molecule is O=C(NCc1nc(C2CC2)no1)C1COc2ccccc2C1. The van der Waals surface area contributed by atoms with E-state index in [4.69, 9.17) is 9.26 Å². The van der Waals surface area contributed by atoms with Gasteiger partial charge in [-0.1, -0.05) is 23.4 Å². The van der Waals surface area contributed by atoms with Gasteiger partial charge in [-0.3, -0.25) is 4.79 Å². The van der Waals surface area contributed by atoms with Crippen LogP contribution in [-0.4, -0.2) is 22.7 Å². The van der Waals surface area contributed by atoms with Gasteiger partial charge in [0, 0.05) is 5.92 Å². The lowest BCUT2D eigenvalue weighted by molar-refractivity contribution is -0.126. The van der Waals surface area contributed by atoms with E-state index in [0.717, 1.165) is 30.0 Å². The average Bonchev–Trinajstić information content (AvgIpc) is 3.31. The summed E-state index contributed by atoms with van der Waals surface area (Å²) in [5.74, 6) is 2.34. The molecule has 1 N–H and O–H groups in total. The Morgan fingerprint density at radius 3 is 3.05 bits per heavy atom. The molecule has 6 nitrogen and oxygen atoms in total. The van der Waals surface area contributed by atoms with Crippen molar-refractivity contribution in [1.29, 1.82) is 0 Å². The van der Waals surface area contributed by atoms with Gasteiger partial charge in [0.05, 0.1) is 12.5 Å². The summed E-state index contributed by atoms with van der Waals surface area (Å²) in [6.07, 6.45) is 2.95. The van der Waals surface area contributed by atoms with Gasteiger partial charge in [-0.15, -0.1) is 0 Å². The van der Waals surface area contributed by atoms with Crippen molar-refractivity contribution >= 4 is 5.91 Å². The Balaban J connectivity index is 1.34. The van der Waals surface area contributed by atoms with Crippen LogP contribution in [0.2, 0.25) is 0 Å². The minimum atomic E-state index is -0.180. The van der Waals surface area contributed by atoms with E-state index >= 15 is 0 Å². The third-order valence-corrected chi connectivity index (χ3v) is 4.09. The van der Waals surface area contributed by atoms with E-state index in [0.29, 0.717) is 24.8 Å². The highest BCUT2D eigenvalue weighted by atomic mass is 16.5. The highest BCUT2D eigenvalue weighted by Crippen LogP contribution is 2.38. The normalized spacial score (nSPS) is 20.1. The van der Waals surface area contributed by atoms with Gasteiger partial charge in [0.15, 0.2) is 5.82 Å². The molecule has 6 heteroatoms. The van der Waals surface area contributed by atoms with Crippen molar-refractivity contribution in [3.63, 3.8) is 0 Å². The van der Waals surface area contributed by atoms with Gasteiger partial charge in [-0.25, -0.2) is 0 Å². The number of para-hydroxylation sites is 1. The van der Waals surface area contributed by atoms with E-state index in [1.807, 2.05) is 24.3 Å². The quantitative estimate of drug-likeness (QED) is 0.931. The zero-order valence-electron chi connectivity index (χ0n) is 12.1. The number of nitrogens with one attached hydrogen (secondary N) is 1. The van der Waals surface area contributed by atoms with Crippen molar-refractivity contribution in [2.24, 2.45) is 5.92 Å². The molecule has 4 rings (SSSR count). The van der Waals surface area contributed by atoms with Crippen LogP contribution >= 0.6 is 0 Å².